The summed E-state index contributed by atoms with van der Waals surface area (Å²) >= 11 is 1.22. The highest BCUT2D eigenvalue weighted by molar-refractivity contribution is 7.92. The molecular formula is C24H24N4O6S2. The van der Waals surface area contributed by atoms with Gasteiger partial charge in [-0.15, -0.1) is 0 Å². The van der Waals surface area contributed by atoms with E-state index in [9.17, 15) is 13.2 Å². The molecule has 0 saturated carbocycles. The van der Waals surface area contributed by atoms with Crippen LogP contribution in [-0.2, 0) is 34.3 Å². The van der Waals surface area contributed by atoms with Crippen LogP contribution in [0, 0.1) is 0 Å². The Morgan fingerprint density at radius 3 is 2.58 bits per heavy atom. The van der Waals surface area contributed by atoms with E-state index in [4.69, 9.17) is 19.9 Å². The second-order valence-corrected chi connectivity index (χ2v) is 12.2. The average Bonchev–Trinajstić information content (AvgIpc) is 3.33. The number of anilines is 2. The smallest absolute Gasteiger partial charge is 0.248 e. The summed E-state index contributed by atoms with van der Waals surface area (Å²) < 4.78 is 42.7. The first-order valence-electron chi connectivity index (χ1n) is 11.6. The van der Waals surface area contributed by atoms with Crippen molar-refractivity contribution < 1.29 is 27.4 Å². The van der Waals surface area contributed by atoms with E-state index in [1.807, 2.05) is 0 Å². The number of fused-ring (bicyclic) bond motifs is 1. The summed E-state index contributed by atoms with van der Waals surface area (Å²) in [5.41, 5.74) is 5.84. The van der Waals surface area contributed by atoms with Gasteiger partial charge >= 0.3 is 0 Å². The van der Waals surface area contributed by atoms with Gasteiger partial charge in [-0.1, -0.05) is 23.5 Å². The molecule has 2 aliphatic heterocycles. The SMILES string of the molecule is Nc1ccc2nc(NC(=O)C3(c4ccc(S(=O)(=O)[C@H]5CCOC5)cc4)C=C3O[C@@H]3CCOC3)sc2n1. The van der Waals surface area contributed by atoms with Gasteiger partial charge in [0.1, 0.15) is 28.0 Å². The van der Waals surface area contributed by atoms with Crippen LogP contribution in [0.2, 0.25) is 0 Å². The lowest BCUT2D eigenvalue weighted by Gasteiger charge is -2.20. The minimum Gasteiger partial charge on any atom is -0.491 e. The number of amides is 1. The van der Waals surface area contributed by atoms with Crippen molar-refractivity contribution in [2.45, 2.75) is 34.5 Å². The van der Waals surface area contributed by atoms with E-state index in [1.165, 1.54) is 11.3 Å². The summed E-state index contributed by atoms with van der Waals surface area (Å²) in [6.45, 7) is 1.70. The maximum Gasteiger partial charge on any atom is 0.248 e. The van der Waals surface area contributed by atoms with Gasteiger partial charge in [-0.2, -0.15) is 0 Å². The van der Waals surface area contributed by atoms with Gasteiger partial charge in [0.05, 0.1) is 30.0 Å². The molecule has 188 valence electrons. The molecule has 1 aliphatic carbocycles. The summed E-state index contributed by atoms with van der Waals surface area (Å²) in [5, 5.41) is 2.72. The molecule has 1 unspecified atom stereocenters. The molecule has 10 nitrogen and oxygen atoms in total. The molecule has 0 radical (unpaired) electrons. The van der Waals surface area contributed by atoms with E-state index >= 15 is 0 Å². The zero-order valence-corrected chi connectivity index (χ0v) is 20.8. The number of sulfone groups is 1. The number of carbonyl (C=O) groups is 1. The number of benzene rings is 1. The first-order valence-corrected chi connectivity index (χ1v) is 14.0. The standard InChI is InChI=1S/C24H24N4O6S2/c25-20-6-5-18-21(27-20)35-23(26-18)28-22(29)24(11-19(24)34-15-7-9-32-12-15)14-1-3-16(4-2-14)36(30,31)17-8-10-33-13-17/h1-6,11,15,17H,7-10,12-13H2,(H2,25,27)(H,26,28,29)/t15-,17+,24?/m1/s1. The van der Waals surface area contributed by atoms with Crippen LogP contribution in [0.3, 0.4) is 0 Å². The third-order valence-corrected chi connectivity index (χ3v) is 9.71. The highest BCUT2D eigenvalue weighted by Gasteiger charge is 2.56. The summed E-state index contributed by atoms with van der Waals surface area (Å²) in [6, 6.07) is 9.83. The topological polar surface area (TPSA) is 143 Å². The summed E-state index contributed by atoms with van der Waals surface area (Å²) in [7, 11) is -3.52. The number of nitrogens with two attached hydrogens (primary N) is 1. The van der Waals surface area contributed by atoms with Crippen molar-refractivity contribution in [2.24, 2.45) is 0 Å². The van der Waals surface area contributed by atoms with Crippen LogP contribution in [0.25, 0.3) is 10.3 Å². The minimum atomic E-state index is -3.52. The first-order chi connectivity index (χ1) is 17.4. The number of aromatic nitrogens is 2. The highest BCUT2D eigenvalue weighted by Crippen LogP contribution is 2.49. The highest BCUT2D eigenvalue weighted by atomic mass is 32.2. The largest absolute Gasteiger partial charge is 0.491 e. The lowest BCUT2D eigenvalue weighted by molar-refractivity contribution is -0.118. The van der Waals surface area contributed by atoms with Gasteiger partial charge in [-0.3, -0.25) is 4.79 Å². The maximum absolute atomic E-state index is 13.6. The molecule has 12 heteroatoms. The fourth-order valence-corrected chi connectivity index (χ4v) is 6.97. The van der Waals surface area contributed by atoms with Crippen molar-refractivity contribution in [1.29, 1.82) is 0 Å². The molecule has 2 fully saturated rings. The fourth-order valence-electron chi connectivity index (χ4n) is 4.55. The number of rotatable bonds is 7. The van der Waals surface area contributed by atoms with Crippen LogP contribution >= 0.6 is 11.3 Å². The lowest BCUT2D eigenvalue weighted by Crippen LogP contribution is -2.32. The normalized spacial score (nSPS) is 25.6. The van der Waals surface area contributed by atoms with E-state index in [0.29, 0.717) is 58.9 Å². The van der Waals surface area contributed by atoms with Crippen molar-refractivity contribution in [3.63, 3.8) is 0 Å². The number of pyridine rings is 1. The lowest BCUT2D eigenvalue weighted by atomic mass is 9.91. The monoisotopic (exact) mass is 528 g/mol. The van der Waals surface area contributed by atoms with Gasteiger partial charge < -0.3 is 25.3 Å². The molecule has 1 amide bonds. The van der Waals surface area contributed by atoms with Crippen LogP contribution in [0.1, 0.15) is 18.4 Å². The third-order valence-electron chi connectivity index (χ3n) is 6.66. The number of hydrogen-bond acceptors (Lipinski definition) is 10. The van der Waals surface area contributed by atoms with Gasteiger partial charge in [0.2, 0.25) is 5.91 Å². The molecule has 3 N–H and O–H groups in total. The quantitative estimate of drug-likeness (QED) is 0.473. The molecule has 4 heterocycles. The number of thiazole rings is 1. The van der Waals surface area contributed by atoms with Crippen LogP contribution in [0.15, 0.2) is 53.1 Å². The van der Waals surface area contributed by atoms with Gasteiger partial charge in [0.25, 0.3) is 0 Å². The van der Waals surface area contributed by atoms with Crippen LogP contribution in [-0.4, -0.2) is 62.1 Å². The van der Waals surface area contributed by atoms with Crippen molar-refractivity contribution in [2.75, 3.05) is 37.5 Å². The Labute approximate surface area is 211 Å². The number of nitrogen functional groups attached to an aromatic ring is 1. The van der Waals surface area contributed by atoms with Crippen molar-refractivity contribution in [1.82, 2.24) is 9.97 Å². The molecular weight excluding hydrogens is 504 g/mol. The Kier molecular flexibility index (Phi) is 5.71. The number of nitrogens with zero attached hydrogens (tertiary/aromatic N) is 2. The zero-order chi connectivity index (χ0) is 24.9. The Bertz CT molecular complexity index is 1460. The Morgan fingerprint density at radius 2 is 1.86 bits per heavy atom. The molecule has 3 aliphatic rings. The summed E-state index contributed by atoms with van der Waals surface area (Å²) in [6.07, 6.45) is 2.82. The van der Waals surface area contributed by atoms with Crippen molar-refractivity contribution in [3.8, 4) is 0 Å². The third kappa shape index (κ3) is 4.03. The molecule has 1 aromatic carbocycles. The van der Waals surface area contributed by atoms with Gasteiger partial charge in [0.15, 0.2) is 20.4 Å². The molecule has 2 saturated heterocycles. The van der Waals surface area contributed by atoms with E-state index in [2.05, 4.69) is 15.3 Å². The van der Waals surface area contributed by atoms with E-state index in [1.54, 1.807) is 42.5 Å². The number of nitrogens with one attached hydrogen (secondary N) is 1. The van der Waals surface area contributed by atoms with E-state index in [-0.39, 0.29) is 23.5 Å². The number of ether oxygens (including phenoxy) is 3. The second-order valence-electron chi connectivity index (χ2n) is 9.01. The Morgan fingerprint density at radius 1 is 1.08 bits per heavy atom. The summed E-state index contributed by atoms with van der Waals surface area (Å²) in [5.74, 6) is 0.542. The van der Waals surface area contributed by atoms with Crippen molar-refractivity contribution in [3.05, 3.63) is 53.8 Å². The van der Waals surface area contributed by atoms with Crippen molar-refractivity contribution >= 4 is 48.4 Å². The Balaban J connectivity index is 1.28. The number of hydrogen-bond donors (Lipinski definition) is 2. The zero-order valence-electron chi connectivity index (χ0n) is 19.2. The molecule has 6 rings (SSSR count). The van der Waals surface area contributed by atoms with Gasteiger partial charge in [-0.25, -0.2) is 18.4 Å². The predicted molar refractivity (Wildman–Crippen MR) is 133 cm³/mol. The molecule has 0 bridgehead atoms. The predicted octanol–water partition coefficient (Wildman–Crippen LogP) is 2.42. The van der Waals surface area contributed by atoms with E-state index < -0.39 is 20.5 Å². The van der Waals surface area contributed by atoms with Crippen LogP contribution in [0.4, 0.5) is 10.9 Å². The fraction of sp³-hybridized carbons (Fsp3) is 0.375. The maximum atomic E-state index is 13.6. The second kappa shape index (κ2) is 8.80. The average molecular weight is 529 g/mol. The molecule has 3 aromatic rings. The molecule has 36 heavy (non-hydrogen) atoms. The summed E-state index contributed by atoms with van der Waals surface area (Å²) in [4.78, 5) is 23.1. The van der Waals surface area contributed by atoms with E-state index in [0.717, 1.165) is 6.42 Å². The molecule has 0 spiro atoms. The molecule has 2 aromatic heterocycles. The van der Waals surface area contributed by atoms with Crippen LogP contribution in [0.5, 0.6) is 0 Å². The molecule has 3 atom stereocenters. The van der Waals surface area contributed by atoms with Gasteiger partial charge in [-0.05, 0) is 42.3 Å². The Hall–Kier alpha value is -3.06. The van der Waals surface area contributed by atoms with Gasteiger partial charge in [0, 0.05) is 13.0 Å². The first kappa shape index (κ1) is 23.3. The van der Waals surface area contributed by atoms with Crippen LogP contribution < -0.4 is 11.1 Å². The number of carbonyl (C=O) groups excluding carboxylic acids is 1. The minimum absolute atomic E-state index is 0.137.